The van der Waals surface area contributed by atoms with Crippen LogP contribution < -0.4 is 12.4 Å². The molecule has 2 radical (unpaired) electrons. The number of halogens is 1. The number of hydrogen-bond acceptors (Lipinski definition) is 0. The van der Waals surface area contributed by atoms with Gasteiger partial charge in [0.2, 0.25) is 0 Å². The van der Waals surface area contributed by atoms with Gasteiger partial charge in [-0.05, 0) is 41.5 Å². The van der Waals surface area contributed by atoms with E-state index in [1.807, 2.05) is 0 Å². The zero-order valence-corrected chi connectivity index (χ0v) is 31.4. The van der Waals surface area contributed by atoms with Gasteiger partial charge >= 0.3 is 26.2 Å². The van der Waals surface area contributed by atoms with E-state index in [-0.39, 0.29) is 55.9 Å². The first-order chi connectivity index (χ1) is 19.6. The van der Waals surface area contributed by atoms with Crippen LogP contribution in [-0.2, 0) is 5.41 Å². The topological polar surface area (TPSA) is 14.1 Å². The fourth-order valence-corrected chi connectivity index (χ4v) is 6.63. The van der Waals surface area contributed by atoms with Crippen molar-refractivity contribution < 1.29 is 12.4 Å². The zero-order valence-electron chi connectivity index (χ0n) is 26.1. The van der Waals surface area contributed by atoms with Crippen LogP contribution in [0, 0.1) is 0 Å². The molecule has 0 amide bonds. The first-order valence-corrected chi connectivity index (χ1v) is 18.2. The van der Waals surface area contributed by atoms with Crippen molar-refractivity contribution in [2.24, 2.45) is 0 Å². The van der Waals surface area contributed by atoms with Crippen molar-refractivity contribution >= 4 is 40.1 Å². The maximum Gasteiger partial charge on any atom is 3.00 e. The van der Waals surface area contributed by atoms with Crippen molar-refractivity contribution in [2.75, 3.05) is 0 Å². The summed E-state index contributed by atoms with van der Waals surface area (Å²) in [5.41, 5.74) is 10.2. The minimum Gasteiger partial charge on any atom is -1.00 e. The van der Waals surface area contributed by atoms with Gasteiger partial charge in [0.05, 0.1) is 0 Å². The third-order valence-corrected chi connectivity index (χ3v) is 8.53. The van der Waals surface area contributed by atoms with Crippen molar-refractivity contribution in [1.29, 1.82) is 0 Å². The van der Waals surface area contributed by atoms with Crippen LogP contribution in [0.3, 0.4) is 0 Å². The molecular weight excluding hydrogens is 755 g/mol. The smallest absolute Gasteiger partial charge is 1.00 e. The largest absolute Gasteiger partial charge is 3.00 e. The summed E-state index contributed by atoms with van der Waals surface area (Å²) in [4.78, 5) is 5.70. The molecule has 0 aliphatic heterocycles. The normalized spacial score (nSPS) is 11.5. The monoisotopic (exact) mass is 796 g/mol. The van der Waals surface area contributed by atoms with Gasteiger partial charge in [-0.1, -0.05) is 185 Å². The molecule has 0 aliphatic carbocycles. The van der Waals surface area contributed by atoms with E-state index in [0.29, 0.717) is 0 Å². The number of rotatable bonds is 8. The summed E-state index contributed by atoms with van der Waals surface area (Å²) in [5.74, 6) is 0.140. The Labute approximate surface area is 285 Å². The standard InChI is InChI=1S/C39H42NSi.Bi.ClH/c1-39(2,3)33-27-34(36(29-19-11-7-12-20-29)30-21-13-8-14-22-30)38(40-41(4,5)6)35(28-33)37(31-23-15-9-16-24-31)32-25-17-10-18-26-32;;/h7-28,36-37H,1-6H3;;1H/q-1;+3;/p-1. The quantitative estimate of drug-likeness (QED) is 0.113. The van der Waals surface area contributed by atoms with Crippen LogP contribution in [-0.4, -0.2) is 34.4 Å². The third-order valence-electron chi connectivity index (χ3n) is 7.64. The Morgan fingerprint density at radius 3 is 1.02 bits per heavy atom. The Balaban J connectivity index is 0.00000253. The molecule has 5 aromatic rings. The Morgan fingerprint density at radius 2 is 0.791 bits per heavy atom. The maximum absolute atomic E-state index is 5.70. The van der Waals surface area contributed by atoms with Crippen LogP contribution in [0.25, 0.3) is 4.98 Å². The van der Waals surface area contributed by atoms with Crippen molar-refractivity contribution in [3.8, 4) is 0 Å². The SMILES string of the molecule is CC(C)(C)c1cc(C(c2ccccc2)c2ccccc2)c([N-][Si](C)(C)C)c(C(c2ccccc2)c2ccccc2)c1.[Bi+3].[Cl-]. The van der Waals surface area contributed by atoms with Crippen molar-refractivity contribution in [3.63, 3.8) is 0 Å². The summed E-state index contributed by atoms with van der Waals surface area (Å²) >= 11 is 0. The van der Waals surface area contributed by atoms with Crippen LogP contribution in [0.4, 0.5) is 5.69 Å². The van der Waals surface area contributed by atoms with Gasteiger partial charge in [0, 0.05) is 11.8 Å². The summed E-state index contributed by atoms with van der Waals surface area (Å²) in [6, 6.07) is 48.8. The first kappa shape index (κ1) is 34.8. The number of benzene rings is 5. The molecule has 0 N–H and O–H groups in total. The predicted molar refractivity (Wildman–Crippen MR) is 185 cm³/mol. The fourth-order valence-electron chi connectivity index (χ4n) is 5.70. The van der Waals surface area contributed by atoms with Gasteiger partial charge in [0.15, 0.2) is 0 Å². The van der Waals surface area contributed by atoms with Crippen molar-refractivity contribution in [3.05, 3.63) is 177 Å². The van der Waals surface area contributed by atoms with Crippen LogP contribution >= 0.6 is 0 Å². The average Bonchev–Trinajstić information content (AvgIpc) is 2.96. The molecule has 0 saturated carbocycles. The number of hydrogen-bond donors (Lipinski definition) is 0. The van der Waals surface area contributed by atoms with Crippen molar-refractivity contribution in [2.45, 2.75) is 57.7 Å². The Hall–Kier alpha value is -2.71. The molecule has 0 atom stereocenters. The van der Waals surface area contributed by atoms with Gasteiger partial charge in [0.25, 0.3) is 0 Å². The second kappa shape index (κ2) is 14.8. The molecule has 0 aromatic heterocycles. The van der Waals surface area contributed by atoms with Crippen LogP contribution in [0.5, 0.6) is 0 Å². The minimum absolute atomic E-state index is 0. The molecule has 5 rings (SSSR count). The molecule has 0 heterocycles. The predicted octanol–water partition coefficient (Wildman–Crippen LogP) is 7.81. The second-order valence-corrected chi connectivity index (χ2v) is 17.6. The van der Waals surface area contributed by atoms with E-state index in [4.69, 9.17) is 4.98 Å². The van der Waals surface area contributed by atoms with Gasteiger partial charge in [-0.25, -0.2) is 0 Å². The molecule has 5 aromatic carbocycles. The van der Waals surface area contributed by atoms with Crippen LogP contribution in [0.1, 0.15) is 71.6 Å². The van der Waals surface area contributed by atoms with Crippen LogP contribution in [0.2, 0.25) is 19.6 Å². The van der Waals surface area contributed by atoms with E-state index in [1.165, 1.54) is 38.9 Å². The van der Waals surface area contributed by atoms with E-state index >= 15 is 0 Å². The van der Waals surface area contributed by atoms with Gasteiger partial charge in [-0.2, -0.15) is 0 Å². The van der Waals surface area contributed by atoms with E-state index < -0.39 is 8.24 Å². The molecule has 43 heavy (non-hydrogen) atoms. The van der Waals surface area contributed by atoms with E-state index in [1.54, 1.807) is 0 Å². The third kappa shape index (κ3) is 8.48. The zero-order chi connectivity index (χ0) is 29.0. The van der Waals surface area contributed by atoms with Crippen molar-refractivity contribution in [1.82, 2.24) is 0 Å². The summed E-state index contributed by atoms with van der Waals surface area (Å²) in [6.45, 7) is 14.0. The molecule has 0 aliphatic rings. The second-order valence-electron chi connectivity index (χ2n) is 13.0. The first-order valence-electron chi connectivity index (χ1n) is 14.7. The Morgan fingerprint density at radius 1 is 0.512 bits per heavy atom. The van der Waals surface area contributed by atoms with E-state index in [0.717, 1.165) is 5.69 Å². The summed E-state index contributed by atoms with van der Waals surface area (Å²) in [7, 11) is -1.89. The molecule has 1 nitrogen and oxygen atoms in total. The summed E-state index contributed by atoms with van der Waals surface area (Å²) < 4.78 is 0. The van der Waals surface area contributed by atoms with E-state index in [9.17, 15) is 0 Å². The molecular formula is C39H42BiClNSi+. The molecule has 4 heteroatoms. The fraction of sp³-hybridized carbons (Fsp3) is 0.231. The maximum atomic E-state index is 5.70. The molecule has 0 bridgehead atoms. The van der Waals surface area contributed by atoms with Gasteiger partial charge in [-0.3, -0.25) is 0 Å². The number of nitrogens with zero attached hydrogens (tertiary/aromatic N) is 1. The minimum atomic E-state index is -1.89. The van der Waals surface area contributed by atoms with Gasteiger partial charge in [-0.15, -0.1) is 5.69 Å². The van der Waals surface area contributed by atoms with E-state index in [2.05, 4.69) is 174 Å². The Bertz CT molecular complexity index is 1380. The molecule has 218 valence electrons. The average molecular weight is 797 g/mol. The van der Waals surface area contributed by atoms with Crippen LogP contribution in [0.15, 0.2) is 133 Å². The molecule has 0 fully saturated rings. The molecule has 0 saturated heterocycles. The van der Waals surface area contributed by atoms with Gasteiger partial charge < -0.3 is 17.4 Å². The van der Waals surface area contributed by atoms with Gasteiger partial charge in [0.1, 0.15) is 0 Å². The summed E-state index contributed by atoms with van der Waals surface area (Å²) in [6.07, 6.45) is 0. The molecule has 0 spiro atoms. The molecule has 0 unspecified atom stereocenters. The Kier molecular flexibility index (Phi) is 12.0. The summed E-state index contributed by atoms with van der Waals surface area (Å²) in [5, 5.41) is 0.